The Morgan fingerprint density at radius 2 is 0.515 bits per heavy atom. The van der Waals surface area contributed by atoms with Crippen LogP contribution in [0.4, 0.5) is 0 Å². The van der Waals surface area contributed by atoms with E-state index in [1.54, 1.807) is 0 Å². The van der Waals surface area contributed by atoms with Gasteiger partial charge in [0, 0.05) is 19.3 Å². The highest BCUT2D eigenvalue weighted by molar-refractivity contribution is 5.71. The lowest BCUT2D eigenvalue weighted by Crippen LogP contribution is -2.30. The average Bonchev–Trinajstić information content (AvgIpc) is 3.31. The lowest BCUT2D eigenvalue weighted by atomic mass is 10.0. The summed E-state index contributed by atoms with van der Waals surface area (Å²) in [5.74, 6) is -0.870. The fraction of sp³-hybridized carbons (Fsp3) is 0.883. The largest absolute Gasteiger partial charge is 0.462 e. The van der Waals surface area contributed by atoms with Crippen molar-refractivity contribution in [2.75, 3.05) is 13.2 Å². The maximum absolute atomic E-state index is 12.7. The van der Waals surface area contributed by atoms with E-state index in [4.69, 9.17) is 14.2 Å². The summed E-state index contributed by atoms with van der Waals surface area (Å²) >= 11 is 0. The van der Waals surface area contributed by atoms with E-state index in [-0.39, 0.29) is 31.1 Å². The number of esters is 3. The monoisotopic (exact) mass is 929 g/mol. The number of carbonyl (C=O) groups is 3. The Morgan fingerprint density at radius 3 is 0.803 bits per heavy atom. The van der Waals surface area contributed by atoms with Crippen LogP contribution in [0.3, 0.4) is 0 Å². The molecule has 0 rings (SSSR count). The van der Waals surface area contributed by atoms with Crippen LogP contribution >= 0.6 is 0 Å². The molecule has 6 heteroatoms. The molecule has 0 heterocycles. The molecule has 6 nitrogen and oxygen atoms in total. The third kappa shape index (κ3) is 52.9. The number of rotatable bonds is 54. The molecule has 0 saturated heterocycles. The summed E-state index contributed by atoms with van der Waals surface area (Å²) < 4.78 is 16.8. The van der Waals surface area contributed by atoms with Crippen LogP contribution in [-0.4, -0.2) is 37.2 Å². The van der Waals surface area contributed by atoms with Gasteiger partial charge < -0.3 is 14.2 Å². The predicted molar refractivity (Wildman–Crippen MR) is 284 cm³/mol. The SMILES string of the molecule is CCCC/C=C\CCCCCCCC(=O)OC(COC(=O)CCCCCCCCCC)COC(=O)CCCCCCCCCCCCCCCCCCC/C=C\CCCCCCCCCC. The second kappa shape index (κ2) is 55.5. The molecule has 0 bridgehead atoms. The Hall–Kier alpha value is -2.11. The first-order chi connectivity index (χ1) is 32.5. The summed E-state index contributed by atoms with van der Waals surface area (Å²) in [6.45, 7) is 6.60. The fourth-order valence-corrected chi connectivity index (χ4v) is 8.71. The van der Waals surface area contributed by atoms with Crippen LogP contribution in [0.5, 0.6) is 0 Å². The number of unbranched alkanes of at least 4 members (excludes halogenated alkanes) is 39. The van der Waals surface area contributed by atoms with Gasteiger partial charge in [0.15, 0.2) is 6.10 Å². The highest BCUT2D eigenvalue weighted by Gasteiger charge is 2.19. The number of ether oxygens (including phenoxy) is 3. The summed E-state index contributed by atoms with van der Waals surface area (Å²) in [6, 6.07) is 0. The first-order valence-electron chi connectivity index (χ1n) is 29.3. The van der Waals surface area contributed by atoms with Gasteiger partial charge in [0.05, 0.1) is 0 Å². The molecule has 0 saturated carbocycles. The summed E-state index contributed by atoms with van der Waals surface area (Å²) in [5, 5.41) is 0. The molecule has 0 aromatic heterocycles. The number of allylic oxidation sites excluding steroid dienone is 4. The first-order valence-corrected chi connectivity index (χ1v) is 29.3. The molecule has 388 valence electrons. The molecule has 0 aliphatic carbocycles. The third-order valence-electron chi connectivity index (χ3n) is 13.2. The lowest BCUT2D eigenvalue weighted by molar-refractivity contribution is -0.167. The van der Waals surface area contributed by atoms with Gasteiger partial charge >= 0.3 is 17.9 Å². The molecule has 0 radical (unpaired) electrons. The standard InChI is InChI=1S/C60H112O6/c1-4-7-10-13-16-19-21-22-23-24-25-26-27-28-29-30-31-32-33-34-35-36-37-38-40-41-44-47-50-53-59(62)65-56-57(55-64-58(61)52-49-46-43-18-15-12-9-6-3)66-60(63)54-51-48-45-42-39-20-17-14-11-8-5-2/h14,17,24-25,57H,4-13,15-16,18-23,26-56H2,1-3H3/b17-14-,25-24-. The Labute approximate surface area is 411 Å². The topological polar surface area (TPSA) is 78.9 Å². The number of carbonyl (C=O) groups excluding carboxylic acids is 3. The van der Waals surface area contributed by atoms with Crippen LogP contribution < -0.4 is 0 Å². The minimum absolute atomic E-state index is 0.0703. The zero-order chi connectivity index (χ0) is 47.9. The van der Waals surface area contributed by atoms with E-state index in [2.05, 4.69) is 45.1 Å². The van der Waals surface area contributed by atoms with E-state index in [1.807, 2.05) is 0 Å². The maximum Gasteiger partial charge on any atom is 0.306 e. The second-order valence-corrected chi connectivity index (χ2v) is 19.9. The molecule has 0 aliphatic heterocycles. The van der Waals surface area contributed by atoms with E-state index in [0.717, 1.165) is 64.2 Å². The molecule has 1 unspecified atom stereocenters. The van der Waals surface area contributed by atoms with Crippen LogP contribution in [0.15, 0.2) is 24.3 Å². The van der Waals surface area contributed by atoms with Gasteiger partial charge in [-0.15, -0.1) is 0 Å². The Kier molecular flexibility index (Phi) is 53.7. The Balaban J connectivity index is 3.99. The van der Waals surface area contributed by atoms with Gasteiger partial charge in [0.2, 0.25) is 0 Å². The molecule has 0 spiro atoms. The van der Waals surface area contributed by atoms with Gasteiger partial charge in [-0.25, -0.2) is 0 Å². The van der Waals surface area contributed by atoms with Crippen LogP contribution in [0.25, 0.3) is 0 Å². The molecule has 66 heavy (non-hydrogen) atoms. The van der Waals surface area contributed by atoms with Gasteiger partial charge in [0.1, 0.15) is 13.2 Å². The summed E-state index contributed by atoms with van der Waals surface area (Å²) in [5.41, 5.74) is 0. The van der Waals surface area contributed by atoms with Crippen molar-refractivity contribution in [3.63, 3.8) is 0 Å². The number of hydrogen-bond acceptors (Lipinski definition) is 6. The molecule has 0 aliphatic rings. The Bertz CT molecular complexity index is 1070. The normalized spacial score (nSPS) is 12.1. The number of hydrogen-bond donors (Lipinski definition) is 0. The second-order valence-electron chi connectivity index (χ2n) is 19.9. The molecule has 0 amide bonds. The summed E-state index contributed by atoms with van der Waals surface area (Å²) in [4.78, 5) is 37.9. The summed E-state index contributed by atoms with van der Waals surface area (Å²) in [6.07, 6.45) is 65.0. The molecular formula is C60H112O6. The summed E-state index contributed by atoms with van der Waals surface area (Å²) in [7, 11) is 0. The zero-order valence-electron chi connectivity index (χ0n) is 44.5. The van der Waals surface area contributed by atoms with Gasteiger partial charge in [0.25, 0.3) is 0 Å². The van der Waals surface area contributed by atoms with Crippen molar-refractivity contribution < 1.29 is 28.6 Å². The minimum atomic E-state index is -0.768. The van der Waals surface area contributed by atoms with Crippen LogP contribution in [-0.2, 0) is 28.6 Å². The smallest absolute Gasteiger partial charge is 0.306 e. The first kappa shape index (κ1) is 63.9. The van der Waals surface area contributed by atoms with Crippen LogP contribution in [0, 0.1) is 0 Å². The van der Waals surface area contributed by atoms with Crippen molar-refractivity contribution in [3.8, 4) is 0 Å². The quantitative estimate of drug-likeness (QED) is 0.0262. The molecule has 0 N–H and O–H groups in total. The van der Waals surface area contributed by atoms with E-state index in [0.29, 0.717) is 19.3 Å². The highest BCUT2D eigenvalue weighted by atomic mass is 16.6. The fourth-order valence-electron chi connectivity index (χ4n) is 8.71. The average molecular weight is 930 g/mol. The van der Waals surface area contributed by atoms with E-state index in [9.17, 15) is 14.4 Å². The van der Waals surface area contributed by atoms with Gasteiger partial charge in [-0.1, -0.05) is 263 Å². The highest BCUT2D eigenvalue weighted by Crippen LogP contribution is 2.17. The van der Waals surface area contributed by atoms with Crippen molar-refractivity contribution >= 4 is 17.9 Å². The molecular weight excluding hydrogens is 817 g/mol. The maximum atomic E-state index is 12.7. The predicted octanol–water partition coefficient (Wildman–Crippen LogP) is 19.5. The van der Waals surface area contributed by atoms with E-state index >= 15 is 0 Å². The molecule has 0 aromatic carbocycles. The lowest BCUT2D eigenvalue weighted by Gasteiger charge is -2.18. The van der Waals surface area contributed by atoms with Crippen LogP contribution in [0.2, 0.25) is 0 Å². The van der Waals surface area contributed by atoms with Crippen molar-refractivity contribution in [2.45, 2.75) is 329 Å². The van der Waals surface area contributed by atoms with Gasteiger partial charge in [-0.05, 0) is 64.2 Å². The zero-order valence-corrected chi connectivity index (χ0v) is 44.5. The van der Waals surface area contributed by atoms with Crippen molar-refractivity contribution in [1.29, 1.82) is 0 Å². The van der Waals surface area contributed by atoms with Crippen molar-refractivity contribution in [3.05, 3.63) is 24.3 Å². The molecule has 0 fully saturated rings. The molecule has 1 atom stereocenters. The van der Waals surface area contributed by atoms with Crippen molar-refractivity contribution in [1.82, 2.24) is 0 Å². The third-order valence-corrected chi connectivity index (χ3v) is 13.2. The van der Waals surface area contributed by atoms with E-state index in [1.165, 1.54) is 218 Å². The van der Waals surface area contributed by atoms with E-state index < -0.39 is 6.10 Å². The van der Waals surface area contributed by atoms with Crippen molar-refractivity contribution in [2.24, 2.45) is 0 Å². The molecule has 0 aromatic rings. The van der Waals surface area contributed by atoms with Gasteiger partial charge in [-0.3, -0.25) is 14.4 Å². The van der Waals surface area contributed by atoms with Crippen LogP contribution in [0.1, 0.15) is 323 Å². The minimum Gasteiger partial charge on any atom is -0.462 e. The van der Waals surface area contributed by atoms with Gasteiger partial charge in [-0.2, -0.15) is 0 Å². The Morgan fingerprint density at radius 1 is 0.288 bits per heavy atom.